The van der Waals surface area contributed by atoms with Crippen molar-refractivity contribution in [2.75, 3.05) is 13.7 Å². The second kappa shape index (κ2) is 7.20. The minimum absolute atomic E-state index is 0.197. The maximum absolute atomic E-state index is 12.8. The topological polar surface area (TPSA) is 46.6 Å². The Morgan fingerprint density at radius 2 is 1.81 bits per heavy atom. The maximum atomic E-state index is 12.8. The number of carbonyl (C=O) groups excluding carboxylic acids is 2. The summed E-state index contributed by atoms with van der Waals surface area (Å²) in [4.78, 5) is 25.4. The lowest BCUT2D eigenvalue weighted by molar-refractivity contribution is -0.135. The number of esters is 1. The summed E-state index contributed by atoms with van der Waals surface area (Å²) >= 11 is 0. The SMILES string of the molecule is CN(C(=O)COC(=O)c1ccc(F)cc1)C1CCCCC1. The van der Waals surface area contributed by atoms with E-state index >= 15 is 0 Å². The van der Waals surface area contributed by atoms with Crippen molar-refractivity contribution in [1.29, 1.82) is 0 Å². The van der Waals surface area contributed by atoms with E-state index in [2.05, 4.69) is 0 Å². The fraction of sp³-hybridized carbons (Fsp3) is 0.500. The van der Waals surface area contributed by atoms with Crippen molar-refractivity contribution < 1.29 is 18.7 Å². The second-order valence-electron chi connectivity index (χ2n) is 5.38. The van der Waals surface area contributed by atoms with E-state index in [1.165, 1.54) is 30.7 Å². The van der Waals surface area contributed by atoms with Gasteiger partial charge in [0, 0.05) is 13.1 Å². The molecule has 1 amide bonds. The van der Waals surface area contributed by atoms with Gasteiger partial charge in [-0.25, -0.2) is 9.18 Å². The molecular weight excluding hydrogens is 273 g/mol. The summed E-state index contributed by atoms with van der Waals surface area (Å²) in [6.07, 6.45) is 5.51. The van der Waals surface area contributed by atoms with E-state index in [0.717, 1.165) is 25.7 Å². The molecule has 0 aliphatic heterocycles. The molecule has 1 aliphatic carbocycles. The first-order chi connectivity index (χ1) is 10.1. The van der Waals surface area contributed by atoms with Crippen molar-refractivity contribution in [3.63, 3.8) is 0 Å². The van der Waals surface area contributed by atoms with Gasteiger partial charge in [0.05, 0.1) is 5.56 Å². The molecule has 0 radical (unpaired) electrons. The summed E-state index contributed by atoms with van der Waals surface area (Å²) in [6, 6.07) is 5.30. The molecule has 0 bridgehead atoms. The molecule has 4 nitrogen and oxygen atoms in total. The van der Waals surface area contributed by atoms with Gasteiger partial charge in [0.2, 0.25) is 0 Å². The minimum Gasteiger partial charge on any atom is -0.452 e. The molecule has 0 N–H and O–H groups in total. The van der Waals surface area contributed by atoms with E-state index < -0.39 is 11.8 Å². The van der Waals surface area contributed by atoms with Gasteiger partial charge in [-0.15, -0.1) is 0 Å². The van der Waals surface area contributed by atoms with Crippen molar-refractivity contribution in [2.24, 2.45) is 0 Å². The molecule has 114 valence electrons. The second-order valence-corrected chi connectivity index (χ2v) is 5.38. The van der Waals surface area contributed by atoms with E-state index in [4.69, 9.17) is 4.74 Å². The van der Waals surface area contributed by atoms with Crippen molar-refractivity contribution in [3.8, 4) is 0 Å². The largest absolute Gasteiger partial charge is 0.452 e. The van der Waals surface area contributed by atoms with Crippen LogP contribution in [0.1, 0.15) is 42.5 Å². The van der Waals surface area contributed by atoms with Crippen LogP contribution in [0, 0.1) is 5.82 Å². The number of hydrogen-bond acceptors (Lipinski definition) is 3. The van der Waals surface area contributed by atoms with Gasteiger partial charge in [-0.1, -0.05) is 19.3 Å². The standard InChI is InChI=1S/C16H20FNO3/c1-18(14-5-3-2-4-6-14)15(19)11-21-16(20)12-7-9-13(17)10-8-12/h7-10,14H,2-6,11H2,1H3. The van der Waals surface area contributed by atoms with Crippen LogP contribution in [0.3, 0.4) is 0 Å². The van der Waals surface area contributed by atoms with Crippen molar-refractivity contribution in [2.45, 2.75) is 38.1 Å². The van der Waals surface area contributed by atoms with Gasteiger partial charge in [0.15, 0.2) is 6.61 Å². The third kappa shape index (κ3) is 4.28. The van der Waals surface area contributed by atoms with Crippen LogP contribution >= 0.6 is 0 Å². The van der Waals surface area contributed by atoms with E-state index in [9.17, 15) is 14.0 Å². The van der Waals surface area contributed by atoms with E-state index in [0.29, 0.717) is 0 Å². The number of hydrogen-bond donors (Lipinski definition) is 0. The van der Waals surface area contributed by atoms with Gasteiger partial charge in [0.1, 0.15) is 5.82 Å². The molecule has 5 heteroatoms. The Labute approximate surface area is 123 Å². The first kappa shape index (κ1) is 15.5. The smallest absolute Gasteiger partial charge is 0.338 e. The lowest BCUT2D eigenvalue weighted by atomic mass is 9.94. The fourth-order valence-corrected chi connectivity index (χ4v) is 2.57. The first-order valence-corrected chi connectivity index (χ1v) is 7.26. The van der Waals surface area contributed by atoms with E-state index in [1.807, 2.05) is 0 Å². The zero-order valence-electron chi connectivity index (χ0n) is 12.2. The number of ether oxygens (including phenoxy) is 1. The number of benzene rings is 1. The van der Waals surface area contributed by atoms with Crippen LogP contribution in [0.4, 0.5) is 4.39 Å². The molecule has 0 atom stereocenters. The minimum atomic E-state index is -0.611. The molecule has 0 saturated heterocycles. The van der Waals surface area contributed by atoms with Gasteiger partial charge in [0.25, 0.3) is 5.91 Å². The lowest BCUT2D eigenvalue weighted by Gasteiger charge is -2.31. The average molecular weight is 293 g/mol. The highest BCUT2D eigenvalue weighted by Crippen LogP contribution is 2.21. The summed E-state index contributed by atoms with van der Waals surface area (Å²) in [6.45, 7) is -0.275. The Balaban J connectivity index is 1.82. The number of amides is 1. The monoisotopic (exact) mass is 293 g/mol. The van der Waals surface area contributed by atoms with E-state index in [-0.39, 0.29) is 24.1 Å². The molecule has 1 aliphatic rings. The van der Waals surface area contributed by atoms with E-state index in [1.54, 1.807) is 11.9 Å². The molecular formula is C16H20FNO3. The van der Waals surface area contributed by atoms with Crippen LogP contribution in [0.5, 0.6) is 0 Å². The van der Waals surface area contributed by atoms with Gasteiger partial charge in [-0.3, -0.25) is 4.79 Å². The summed E-state index contributed by atoms with van der Waals surface area (Å²) in [5.74, 6) is -1.22. The Kier molecular flexibility index (Phi) is 5.31. The first-order valence-electron chi connectivity index (χ1n) is 7.26. The van der Waals surface area contributed by atoms with Crippen molar-refractivity contribution in [1.82, 2.24) is 4.90 Å². The van der Waals surface area contributed by atoms with Crippen molar-refractivity contribution >= 4 is 11.9 Å². The zero-order valence-corrected chi connectivity index (χ0v) is 12.2. The highest BCUT2D eigenvalue weighted by molar-refractivity contribution is 5.91. The summed E-state index contributed by atoms with van der Waals surface area (Å²) < 4.78 is 17.8. The molecule has 21 heavy (non-hydrogen) atoms. The van der Waals surface area contributed by atoms with Crippen molar-refractivity contribution in [3.05, 3.63) is 35.6 Å². The molecule has 1 fully saturated rings. The quantitative estimate of drug-likeness (QED) is 0.802. The highest BCUT2D eigenvalue weighted by atomic mass is 19.1. The number of likely N-dealkylation sites (N-methyl/N-ethyl adjacent to an activating group) is 1. The normalized spacial score (nSPS) is 15.5. The predicted molar refractivity (Wildman–Crippen MR) is 76.3 cm³/mol. The van der Waals surface area contributed by atoms with Crippen LogP contribution in [0.15, 0.2) is 24.3 Å². The van der Waals surface area contributed by atoms with Gasteiger partial charge < -0.3 is 9.64 Å². The number of rotatable bonds is 4. The molecule has 0 unspecified atom stereocenters. The Morgan fingerprint density at radius 1 is 1.19 bits per heavy atom. The van der Waals surface area contributed by atoms with Crippen LogP contribution in [-0.4, -0.2) is 36.5 Å². The zero-order chi connectivity index (χ0) is 15.2. The molecule has 0 heterocycles. The lowest BCUT2D eigenvalue weighted by Crippen LogP contribution is -2.40. The molecule has 1 aromatic rings. The Hall–Kier alpha value is -1.91. The Bertz CT molecular complexity index is 495. The average Bonchev–Trinajstić information content (AvgIpc) is 2.53. The number of nitrogens with zero attached hydrogens (tertiary/aromatic N) is 1. The molecule has 1 aromatic carbocycles. The van der Waals surface area contributed by atoms with Crippen LogP contribution < -0.4 is 0 Å². The Morgan fingerprint density at radius 3 is 2.43 bits per heavy atom. The van der Waals surface area contributed by atoms with Gasteiger partial charge in [-0.05, 0) is 37.1 Å². The fourth-order valence-electron chi connectivity index (χ4n) is 2.57. The summed E-state index contributed by atoms with van der Waals surface area (Å²) in [7, 11) is 1.75. The third-order valence-corrected chi connectivity index (χ3v) is 3.92. The summed E-state index contributed by atoms with van der Waals surface area (Å²) in [5.41, 5.74) is 0.240. The predicted octanol–water partition coefficient (Wildman–Crippen LogP) is 2.77. The maximum Gasteiger partial charge on any atom is 0.338 e. The molecule has 1 saturated carbocycles. The number of carbonyl (C=O) groups is 2. The summed E-state index contributed by atoms with van der Waals surface area (Å²) in [5, 5.41) is 0. The van der Waals surface area contributed by atoms with Crippen LogP contribution in [0.25, 0.3) is 0 Å². The molecule has 0 spiro atoms. The molecule has 2 rings (SSSR count). The van der Waals surface area contributed by atoms with Gasteiger partial charge in [-0.2, -0.15) is 0 Å². The van der Waals surface area contributed by atoms with Crippen LogP contribution in [0.2, 0.25) is 0 Å². The number of halogens is 1. The highest BCUT2D eigenvalue weighted by Gasteiger charge is 2.22. The van der Waals surface area contributed by atoms with Gasteiger partial charge >= 0.3 is 5.97 Å². The van der Waals surface area contributed by atoms with Crippen LogP contribution in [-0.2, 0) is 9.53 Å². The molecule has 0 aromatic heterocycles. The third-order valence-electron chi connectivity index (χ3n) is 3.92.